The number of halogens is 3. The average Bonchev–Trinajstić information content (AvgIpc) is 4.35. The molecule has 2 aliphatic heterocycles. The Bertz CT molecular complexity index is 3860. The number of aliphatic hydroxyl groups excluding tert-OH is 2. The minimum absolute atomic E-state index is 0.0595. The number of fused-ring (bicyclic) bond motifs is 3. The van der Waals surface area contributed by atoms with Crippen LogP contribution >= 0.6 is 34.8 Å². The van der Waals surface area contributed by atoms with E-state index in [4.69, 9.17) is 50.6 Å². The third kappa shape index (κ3) is 13.6. The summed E-state index contributed by atoms with van der Waals surface area (Å²) in [7, 11) is 0. The highest BCUT2D eigenvalue weighted by atomic mass is 35.5. The monoisotopic (exact) mass is 1140 g/mol. The molecular formula is C52H52Cl3N23O2. The van der Waals surface area contributed by atoms with Gasteiger partial charge in [-0.25, -0.2) is 48.4 Å². The summed E-state index contributed by atoms with van der Waals surface area (Å²) in [5.41, 5.74) is 7.89. The number of aromatic nitrogens is 18. The van der Waals surface area contributed by atoms with Crippen LogP contribution in [0.15, 0.2) is 166 Å². The third-order valence-electron chi connectivity index (χ3n) is 12.3. The first-order valence-corrected chi connectivity index (χ1v) is 26.2. The number of anilines is 6. The quantitative estimate of drug-likeness (QED) is 0.0781. The second-order valence-electron chi connectivity index (χ2n) is 17.7. The summed E-state index contributed by atoms with van der Waals surface area (Å²) in [6.07, 6.45) is 25.5. The Labute approximate surface area is 471 Å². The normalized spacial score (nSPS) is 14.6. The summed E-state index contributed by atoms with van der Waals surface area (Å²) in [4.78, 5) is 40.1. The molecule has 12 aromatic heterocycles. The van der Waals surface area contributed by atoms with Crippen LogP contribution in [-0.2, 0) is 0 Å². The molecule has 0 aliphatic carbocycles. The Hall–Kier alpha value is -9.11. The zero-order chi connectivity index (χ0) is 55.2. The summed E-state index contributed by atoms with van der Waals surface area (Å²) in [5, 5.41) is 41.0. The SMILES string of the molecule is Clc1nc(Cl)c2cccn2n1.Clc1nc(Nc2cn(-c3ccccn3)cn2)c2cccn2n1.Nc1cn(-c2ccccn2)cn1.OC[C@@H]1CCCN1.OC[C@@H]1CCCN1c1nc(Nc2cn(-c3ccccn3)cn2)c2cccn2n1. The lowest BCUT2D eigenvalue weighted by atomic mass is 10.2. The summed E-state index contributed by atoms with van der Waals surface area (Å²) in [6.45, 7) is 2.33. The van der Waals surface area contributed by atoms with Crippen LogP contribution in [0.3, 0.4) is 0 Å². The molecule has 7 N–H and O–H groups in total. The summed E-state index contributed by atoms with van der Waals surface area (Å²) in [6, 6.07) is 28.8. The molecule has 2 fully saturated rings. The molecular weight excluding hydrogens is 1090 g/mol. The van der Waals surface area contributed by atoms with Gasteiger partial charge in [0.05, 0.1) is 37.8 Å². The van der Waals surface area contributed by atoms with Crippen molar-refractivity contribution in [2.24, 2.45) is 0 Å². The molecule has 0 radical (unpaired) electrons. The van der Waals surface area contributed by atoms with E-state index in [1.807, 2.05) is 119 Å². The molecule has 0 amide bonds. The molecule has 2 aliphatic rings. The Morgan fingerprint density at radius 2 is 1.07 bits per heavy atom. The van der Waals surface area contributed by atoms with E-state index in [1.54, 1.807) is 74.3 Å². The fourth-order valence-electron chi connectivity index (χ4n) is 8.46. The van der Waals surface area contributed by atoms with Crippen LogP contribution < -0.4 is 26.6 Å². The van der Waals surface area contributed by atoms with Crippen molar-refractivity contribution < 1.29 is 10.2 Å². The Morgan fingerprint density at radius 1 is 0.550 bits per heavy atom. The fourth-order valence-corrected chi connectivity index (χ4v) is 9.07. The Morgan fingerprint density at radius 3 is 1.57 bits per heavy atom. The fraction of sp³-hybridized carbons (Fsp3) is 0.192. The van der Waals surface area contributed by atoms with Crippen LogP contribution in [0.2, 0.25) is 15.7 Å². The van der Waals surface area contributed by atoms with Gasteiger partial charge in [-0.3, -0.25) is 13.7 Å². The summed E-state index contributed by atoms with van der Waals surface area (Å²) >= 11 is 17.2. The molecule has 28 heteroatoms. The maximum Gasteiger partial charge on any atom is 0.245 e. The topological polar surface area (TPSA) is 289 Å². The maximum atomic E-state index is 9.65. The minimum Gasteiger partial charge on any atom is -0.395 e. The van der Waals surface area contributed by atoms with Crippen LogP contribution in [0, 0.1) is 0 Å². The van der Waals surface area contributed by atoms with Gasteiger partial charge in [0.15, 0.2) is 16.8 Å². The van der Waals surface area contributed by atoms with Gasteiger partial charge in [0.1, 0.15) is 70.4 Å². The summed E-state index contributed by atoms with van der Waals surface area (Å²) in [5.74, 6) is 6.08. The standard InChI is InChI=1S/C19H20N8O.C14H10ClN7.C8H8N4.C6H3Cl2N3.C5H11NO/c28-12-14-5-3-9-26(14)19-23-18(15-6-4-10-27(15)24-19)22-16-11-25(13-21-16)17-7-1-2-8-20-17;15-14-19-13(10-4-3-7-22(10)20-14)18-11-8-21(9-17-11)12-5-1-2-6-16-12;9-7-5-12(6-11-7)8-3-1-2-4-10-8;7-5-4-2-1-3-11(4)10-6(8)9-5;7-4-5-2-1-3-6-5/h1-2,4,6-8,10-11,13-14,28H,3,5,9,12H2,(H,22,23,24);1-9H,(H,18,19,20);1-6H,9H2;1-3H;5-7H,1-4H2/t14-;;;;5-/m0...0/s1. The van der Waals surface area contributed by atoms with E-state index in [2.05, 4.69) is 76.0 Å². The molecule has 25 nitrogen and oxygen atoms in total. The number of nitrogens with zero attached hydrogens (tertiary/aromatic N) is 19. The number of hydrogen-bond acceptors (Lipinski definition) is 19. The van der Waals surface area contributed by atoms with Crippen LogP contribution in [0.1, 0.15) is 25.7 Å². The van der Waals surface area contributed by atoms with Gasteiger partial charge >= 0.3 is 0 Å². The number of rotatable bonds is 10. The van der Waals surface area contributed by atoms with E-state index in [-0.39, 0.29) is 23.2 Å². The average molecular weight is 1140 g/mol. The third-order valence-corrected chi connectivity index (χ3v) is 12.9. The van der Waals surface area contributed by atoms with Crippen LogP contribution in [0.4, 0.5) is 35.0 Å². The molecule has 14 heterocycles. The lowest BCUT2D eigenvalue weighted by molar-refractivity contribution is 0.255. The number of nitrogens with one attached hydrogen (secondary N) is 3. The van der Waals surface area contributed by atoms with Crippen LogP contribution in [0.5, 0.6) is 0 Å². The first-order chi connectivity index (χ1) is 39.2. The van der Waals surface area contributed by atoms with Crippen molar-refractivity contribution >= 4 is 86.4 Å². The van der Waals surface area contributed by atoms with E-state index >= 15 is 0 Å². The van der Waals surface area contributed by atoms with Gasteiger partial charge in [-0.05, 0) is 128 Å². The molecule has 2 saturated heterocycles. The van der Waals surface area contributed by atoms with Crippen LogP contribution in [0.25, 0.3) is 34.0 Å². The Balaban J connectivity index is 0.000000122. The van der Waals surface area contributed by atoms with E-state index in [9.17, 15) is 5.11 Å². The van der Waals surface area contributed by atoms with E-state index in [0.29, 0.717) is 52.8 Å². The molecule has 0 bridgehead atoms. The molecule has 408 valence electrons. The van der Waals surface area contributed by atoms with E-state index < -0.39 is 0 Å². The lowest BCUT2D eigenvalue weighted by Crippen LogP contribution is -2.34. The van der Waals surface area contributed by atoms with Gasteiger partial charge in [-0.1, -0.05) is 29.8 Å². The minimum atomic E-state index is 0.0595. The molecule has 0 spiro atoms. The number of nitrogens with two attached hydrogens (primary N) is 1. The number of aliphatic hydroxyl groups is 2. The van der Waals surface area contributed by atoms with Gasteiger partial charge in [0, 0.05) is 49.8 Å². The highest BCUT2D eigenvalue weighted by Gasteiger charge is 2.27. The van der Waals surface area contributed by atoms with Gasteiger partial charge in [-0.15, -0.1) is 15.3 Å². The van der Waals surface area contributed by atoms with Crippen molar-refractivity contribution in [1.29, 1.82) is 0 Å². The largest absolute Gasteiger partial charge is 0.395 e. The number of nitrogen functional groups attached to an aromatic ring is 1. The van der Waals surface area contributed by atoms with Crippen molar-refractivity contribution in [1.82, 2.24) is 92.7 Å². The highest BCUT2D eigenvalue weighted by molar-refractivity contribution is 6.34. The van der Waals surface area contributed by atoms with Crippen molar-refractivity contribution in [2.75, 3.05) is 47.6 Å². The summed E-state index contributed by atoms with van der Waals surface area (Å²) < 4.78 is 10.5. The van der Waals surface area contributed by atoms with E-state index in [0.717, 1.165) is 66.4 Å². The van der Waals surface area contributed by atoms with Gasteiger partial charge in [0.2, 0.25) is 16.5 Å². The van der Waals surface area contributed by atoms with Crippen LogP contribution in [-0.4, -0.2) is 136 Å². The van der Waals surface area contributed by atoms with Gasteiger partial charge in [0.25, 0.3) is 0 Å². The van der Waals surface area contributed by atoms with Crippen molar-refractivity contribution in [3.63, 3.8) is 0 Å². The zero-order valence-electron chi connectivity index (χ0n) is 42.5. The van der Waals surface area contributed by atoms with Crippen molar-refractivity contribution in [3.05, 3.63) is 181 Å². The number of imidazole rings is 3. The molecule has 0 saturated carbocycles. The Kier molecular flexibility index (Phi) is 17.7. The number of hydrogen-bond donors (Lipinski definition) is 6. The van der Waals surface area contributed by atoms with Crippen molar-refractivity contribution in [2.45, 2.75) is 37.8 Å². The zero-order valence-corrected chi connectivity index (χ0v) is 44.8. The van der Waals surface area contributed by atoms with Crippen molar-refractivity contribution in [3.8, 4) is 17.5 Å². The van der Waals surface area contributed by atoms with E-state index in [1.165, 1.54) is 6.42 Å². The molecule has 14 rings (SSSR count). The second-order valence-corrected chi connectivity index (χ2v) is 18.7. The predicted molar refractivity (Wildman–Crippen MR) is 305 cm³/mol. The molecule has 0 unspecified atom stereocenters. The first-order valence-electron chi connectivity index (χ1n) is 25.1. The molecule has 2 atom stereocenters. The second kappa shape index (κ2) is 26.0. The van der Waals surface area contributed by atoms with Gasteiger partial charge < -0.3 is 36.8 Å². The highest BCUT2D eigenvalue weighted by Crippen LogP contribution is 2.27. The number of pyridine rings is 3. The molecule has 12 aromatic rings. The maximum absolute atomic E-state index is 9.65. The lowest BCUT2D eigenvalue weighted by Gasteiger charge is -2.23. The first kappa shape index (κ1) is 54.3. The molecule has 0 aromatic carbocycles. The molecule has 80 heavy (non-hydrogen) atoms. The smallest absolute Gasteiger partial charge is 0.245 e. The predicted octanol–water partition coefficient (Wildman–Crippen LogP) is 7.34. The van der Waals surface area contributed by atoms with Gasteiger partial charge in [-0.2, -0.15) is 9.97 Å².